The van der Waals surface area contributed by atoms with Crippen LogP contribution < -0.4 is 0 Å². The van der Waals surface area contributed by atoms with Crippen molar-refractivity contribution in [3.8, 4) is 11.5 Å². The van der Waals surface area contributed by atoms with Crippen molar-refractivity contribution in [2.45, 2.75) is 0 Å². The Bertz CT molecular complexity index is 909. The molecule has 0 unspecified atom stereocenters. The Balaban J connectivity index is 1.98. The number of halogens is 1. The van der Waals surface area contributed by atoms with Crippen molar-refractivity contribution in [1.29, 1.82) is 0 Å². The zero-order chi connectivity index (χ0) is 13.5. The summed E-state index contributed by atoms with van der Waals surface area (Å²) in [6.45, 7) is 0. The van der Waals surface area contributed by atoms with Crippen LogP contribution in [0.5, 0.6) is 0 Å². The monoisotopic (exact) mass is 279 g/mol. The molecule has 0 saturated heterocycles. The molecule has 3 heteroatoms. The molecule has 0 aliphatic rings. The lowest BCUT2D eigenvalue weighted by Crippen LogP contribution is -1.77. The fourth-order valence-electron chi connectivity index (χ4n) is 2.38. The molecule has 0 aliphatic heterocycles. The summed E-state index contributed by atoms with van der Waals surface area (Å²) in [6.07, 6.45) is 0. The molecule has 96 valence electrons. The number of hydrogen-bond acceptors (Lipinski definition) is 2. The highest BCUT2D eigenvalue weighted by atomic mass is 35.5. The van der Waals surface area contributed by atoms with Crippen molar-refractivity contribution in [2.24, 2.45) is 0 Å². The third kappa shape index (κ3) is 1.77. The maximum Gasteiger partial charge on any atom is 0.227 e. The summed E-state index contributed by atoms with van der Waals surface area (Å²) >= 11 is 5.90. The molecule has 2 nitrogen and oxygen atoms in total. The van der Waals surface area contributed by atoms with Crippen LogP contribution in [0, 0.1) is 0 Å². The largest absolute Gasteiger partial charge is 0.436 e. The van der Waals surface area contributed by atoms with Crippen LogP contribution in [0.3, 0.4) is 0 Å². The summed E-state index contributed by atoms with van der Waals surface area (Å²) in [4.78, 5) is 4.63. The zero-order valence-electron chi connectivity index (χ0n) is 10.5. The predicted octanol–water partition coefficient (Wildman–Crippen LogP) is 5.30. The predicted molar refractivity (Wildman–Crippen MR) is 82.0 cm³/mol. The van der Waals surface area contributed by atoms with Gasteiger partial charge in [0.2, 0.25) is 5.89 Å². The number of oxazole rings is 1. The summed E-state index contributed by atoms with van der Waals surface area (Å²) in [6, 6.07) is 19.7. The molecule has 0 saturated carbocycles. The lowest BCUT2D eigenvalue weighted by Gasteiger charge is -1.95. The van der Waals surface area contributed by atoms with Crippen molar-refractivity contribution in [3.05, 3.63) is 65.7 Å². The van der Waals surface area contributed by atoms with E-state index in [-0.39, 0.29) is 0 Å². The second-order valence-corrected chi connectivity index (χ2v) is 5.10. The van der Waals surface area contributed by atoms with E-state index >= 15 is 0 Å². The number of fused-ring (bicyclic) bond motifs is 3. The van der Waals surface area contributed by atoms with E-state index in [0.29, 0.717) is 10.9 Å². The van der Waals surface area contributed by atoms with Crippen molar-refractivity contribution in [2.75, 3.05) is 0 Å². The highest BCUT2D eigenvalue weighted by molar-refractivity contribution is 6.30. The van der Waals surface area contributed by atoms with E-state index in [4.69, 9.17) is 16.0 Å². The van der Waals surface area contributed by atoms with Crippen LogP contribution in [-0.2, 0) is 0 Å². The second-order valence-electron chi connectivity index (χ2n) is 4.66. The van der Waals surface area contributed by atoms with Crippen LogP contribution in [0.1, 0.15) is 0 Å². The van der Waals surface area contributed by atoms with Crippen molar-refractivity contribution in [3.63, 3.8) is 0 Å². The molecule has 0 aliphatic carbocycles. The molecule has 0 N–H and O–H groups in total. The Kier molecular flexibility index (Phi) is 2.51. The van der Waals surface area contributed by atoms with E-state index in [0.717, 1.165) is 27.4 Å². The van der Waals surface area contributed by atoms with Gasteiger partial charge in [0, 0.05) is 16.0 Å². The minimum atomic E-state index is 0.619. The van der Waals surface area contributed by atoms with Crippen molar-refractivity contribution < 1.29 is 4.42 Å². The summed E-state index contributed by atoms with van der Waals surface area (Å²) in [7, 11) is 0. The van der Waals surface area contributed by atoms with Gasteiger partial charge in [0.1, 0.15) is 5.52 Å². The first kappa shape index (κ1) is 11.5. The summed E-state index contributed by atoms with van der Waals surface area (Å²) < 4.78 is 5.85. The molecule has 0 radical (unpaired) electrons. The Hall–Kier alpha value is -2.32. The van der Waals surface area contributed by atoms with Gasteiger partial charge >= 0.3 is 0 Å². The number of aromatic nitrogens is 1. The van der Waals surface area contributed by atoms with Crippen molar-refractivity contribution in [1.82, 2.24) is 4.98 Å². The van der Waals surface area contributed by atoms with E-state index in [2.05, 4.69) is 23.2 Å². The molecule has 0 atom stereocenters. The number of benzene rings is 3. The molecule has 0 spiro atoms. The van der Waals surface area contributed by atoms with E-state index < -0.39 is 0 Å². The van der Waals surface area contributed by atoms with Gasteiger partial charge in [-0.25, -0.2) is 4.98 Å². The average molecular weight is 280 g/mol. The molecular weight excluding hydrogens is 270 g/mol. The van der Waals surface area contributed by atoms with Gasteiger partial charge in [0.05, 0.1) is 0 Å². The minimum Gasteiger partial charge on any atom is -0.436 e. The maximum atomic E-state index is 5.90. The molecule has 3 aromatic carbocycles. The summed E-state index contributed by atoms with van der Waals surface area (Å²) in [5.74, 6) is 0.619. The van der Waals surface area contributed by atoms with Gasteiger partial charge in [-0.2, -0.15) is 0 Å². The maximum absolute atomic E-state index is 5.90. The Morgan fingerprint density at radius 1 is 0.850 bits per heavy atom. The van der Waals surface area contributed by atoms with E-state index in [9.17, 15) is 0 Å². The number of hydrogen-bond donors (Lipinski definition) is 0. The first-order chi connectivity index (χ1) is 9.81. The summed E-state index contributed by atoms with van der Waals surface area (Å²) in [5, 5.41) is 2.97. The lowest BCUT2D eigenvalue weighted by molar-refractivity contribution is 0.620. The Morgan fingerprint density at radius 3 is 2.50 bits per heavy atom. The molecule has 4 rings (SSSR count). The normalized spacial score (nSPS) is 11.2. The van der Waals surface area contributed by atoms with Crippen LogP contribution in [0.2, 0.25) is 5.02 Å². The highest BCUT2D eigenvalue weighted by Crippen LogP contribution is 2.29. The SMILES string of the molecule is Clc1ccc(-c2nc3c(ccc4ccccc43)o2)cc1. The van der Waals surface area contributed by atoms with Gasteiger partial charge in [-0.1, -0.05) is 41.9 Å². The van der Waals surface area contributed by atoms with Crippen molar-refractivity contribution >= 4 is 33.5 Å². The molecule has 4 aromatic rings. The fourth-order valence-corrected chi connectivity index (χ4v) is 2.50. The molecule has 0 bridgehead atoms. The summed E-state index contributed by atoms with van der Waals surface area (Å²) in [5.41, 5.74) is 2.62. The molecule has 1 heterocycles. The van der Waals surface area contributed by atoms with Gasteiger partial charge in [-0.05, 0) is 35.7 Å². The molecular formula is C17H10ClNO. The van der Waals surface area contributed by atoms with Gasteiger partial charge in [-0.3, -0.25) is 0 Å². The molecule has 0 amide bonds. The van der Waals surface area contributed by atoms with E-state index in [1.807, 2.05) is 42.5 Å². The lowest BCUT2D eigenvalue weighted by atomic mass is 10.1. The third-order valence-corrected chi connectivity index (χ3v) is 3.63. The van der Waals surface area contributed by atoms with Crippen LogP contribution in [0.15, 0.2) is 65.1 Å². The highest BCUT2D eigenvalue weighted by Gasteiger charge is 2.10. The number of nitrogens with zero attached hydrogens (tertiary/aromatic N) is 1. The van der Waals surface area contributed by atoms with Gasteiger partial charge in [0.25, 0.3) is 0 Å². The van der Waals surface area contributed by atoms with Crippen LogP contribution in [-0.4, -0.2) is 4.98 Å². The van der Waals surface area contributed by atoms with Gasteiger partial charge in [-0.15, -0.1) is 0 Å². The van der Waals surface area contributed by atoms with Crippen LogP contribution in [0.4, 0.5) is 0 Å². The third-order valence-electron chi connectivity index (χ3n) is 3.37. The topological polar surface area (TPSA) is 26.0 Å². The van der Waals surface area contributed by atoms with E-state index in [1.165, 1.54) is 0 Å². The zero-order valence-corrected chi connectivity index (χ0v) is 11.3. The number of rotatable bonds is 1. The van der Waals surface area contributed by atoms with Gasteiger partial charge in [0.15, 0.2) is 5.58 Å². The molecule has 1 aromatic heterocycles. The Morgan fingerprint density at radius 2 is 1.65 bits per heavy atom. The Labute approximate surface area is 120 Å². The van der Waals surface area contributed by atoms with Gasteiger partial charge < -0.3 is 4.42 Å². The van der Waals surface area contributed by atoms with E-state index in [1.54, 1.807) is 0 Å². The smallest absolute Gasteiger partial charge is 0.227 e. The fraction of sp³-hybridized carbons (Fsp3) is 0. The molecule has 20 heavy (non-hydrogen) atoms. The average Bonchev–Trinajstić information content (AvgIpc) is 2.92. The second kappa shape index (κ2) is 4.36. The van der Waals surface area contributed by atoms with Crippen LogP contribution >= 0.6 is 11.6 Å². The first-order valence-corrected chi connectivity index (χ1v) is 6.73. The first-order valence-electron chi connectivity index (χ1n) is 6.35. The minimum absolute atomic E-state index is 0.619. The molecule has 0 fully saturated rings. The standard InChI is InChI=1S/C17H10ClNO/c18-13-8-5-12(6-9-13)17-19-16-14-4-2-1-3-11(14)7-10-15(16)20-17/h1-10H. The quantitative estimate of drug-likeness (QED) is 0.472. The van der Waals surface area contributed by atoms with Crippen LogP contribution in [0.25, 0.3) is 33.3 Å².